The number of carbonyl (C=O) groups is 1. The normalized spacial score (nSPS) is 17.2. The molecule has 0 N–H and O–H groups in total. The fourth-order valence-electron chi connectivity index (χ4n) is 3.85. The van der Waals surface area contributed by atoms with E-state index >= 15 is 0 Å². The summed E-state index contributed by atoms with van der Waals surface area (Å²) in [7, 11) is 0. The number of amides is 1. The fourth-order valence-corrected chi connectivity index (χ4v) is 5.01. The Balaban J connectivity index is 1.82. The topological polar surface area (TPSA) is 20.3 Å². The second kappa shape index (κ2) is 7.56. The zero-order valence-corrected chi connectivity index (χ0v) is 17.5. The Morgan fingerprint density at radius 2 is 1.92 bits per heavy atom. The third kappa shape index (κ3) is 4.03. The largest absolute Gasteiger partial charge is 0.332 e. The summed E-state index contributed by atoms with van der Waals surface area (Å²) in [5.74, 6) is 0.901. The standard InChI is InChI=1S/C23H31NOS/c1-16(2)24(14-17-9-7-6-8-10-17)22(25)20-15-26-21-13-18(23(3,4)5)11-12-19(20)21/h6-10,15-16,18H,11-14H2,1-5H3. The molecule has 1 atom stereocenters. The maximum Gasteiger partial charge on any atom is 0.255 e. The van der Waals surface area contributed by atoms with Crippen LogP contribution in [0.15, 0.2) is 35.7 Å². The van der Waals surface area contributed by atoms with Crippen LogP contribution in [0.4, 0.5) is 0 Å². The van der Waals surface area contributed by atoms with Gasteiger partial charge >= 0.3 is 0 Å². The number of hydrogen-bond acceptors (Lipinski definition) is 2. The molecule has 1 aromatic carbocycles. The van der Waals surface area contributed by atoms with Gasteiger partial charge in [-0.1, -0.05) is 51.1 Å². The Labute approximate surface area is 162 Å². The van der Waals surface area contributed by atoms with Crippen molar-refractivity contribution in [2.24, 2.45) is 11.3 Å². The van der Waals surface area contributed by atoms with Crippen LogP contribution in [0, 0.1) is 11.3 Å². The zero-order chi connectivity index (χ0) is 18.9. The van der Waals surface area contributed by atoms with E-state index in [9.17, 15) is 4.79 Å². The molecule has 140 valence electrons. The highest BCUT2D eigenvalue weighted by atomic mass is 32.1. The first-order valence-corrected chi connectivity index (χ1v) is 10.6. The van der Waals surface area contributed by atoms with Crippen molar-refractivity contribution in [1.82, 2.24) is 4.90 Å². The molecular weight excluding hydrogens is 338 g/mol. The maximum absolute atomic E-state index is 13.3. The van der Waals surface area contributed by atoms with E-state index in [0.717, 1.165) is 18.4 Å². The first-order chi connectivity index (χ1) is 12.3. The minimum atomic E-state index is 0.184. The predicted octanol–water partition coefficient (Wildman–Crippen LogP) is 5.95. The molecule has 1 aliphatic carbocycles. The predicted molar refractivity (Wildman–Crippen MR) is 111 cm³/mol. The molecule has 1 amide bonds. The summed E-state index contributed by atoms with van der Waals surface area (Å²) in [5.41, 5.74) is 3.79. The number of benzene rings is 1. The van der Waals surface area contributed by atoms with Gasteiger partial charge in [0.2, 0.25) is 0 Å². The molecule has 0 radical (unpaired) electrons. The van der Waals surface area contributed by atoms with Gasteiger partial charge in [0.15, 0.2) is 0 Å². The molecule has 2 nitrogen and oxygen atoms in total. The van der Waals surface area contributed by atoms with Crippen LogP contribution in [0.25, 0.3) is 0 Å². The van der Waals surface area contributed by atoms with Gasteiger partial charge in [0.1, 0.15) is 0 Å². The number of nitrogens with zero attached hydrogens (tertiary/aromatic N) is 1. The van der Waals surface area contributed by atoms with E-state index in [-0.39, 0.29) is 11.9 Å². The summed E-state index contributed by atoms with van der Waals surface area (Å²) in [6.45, 7) is 11.9. The van der Waals surface area contributed by atoms with Crippen LogP contribution < -0.4 is 0 Å². The van der Waals surface area contributed by atoms with Crippen molar-refractivity contribution in [3.63, 3.8) is 0 Å². The Kier molecular flexibility index (Phi) is 5.57. The fraction of sp³-hybridized carbons (Fsp3) is 0.522. The van der Waals surface area contributed by atoms with Crippen LogP contribution in [0.2, 0.25) is 0 Å². The molecule has 0 spiro atoms. The lowest BCUT2D eigenvalue weighted by molar-refractivity contribution is 0.0689. The van der Waals surface area contributed by atoms with E-state index in [1.54, 1.807) is 11.3 Å². The van der Waals surface area contributed by atoms with Crippen LogP contribution >= 0.6 is 11.3 Å². The molecule has 0 aliphatic heterocycles. The average Bonchev–Trinajstić information content (AvgIpc) is 3.02. The molecule has 0 saturated heterocycles. The molecule has 1 heterocycles. The lowest BCUT2D eigenvalue weighted by Gasteiger charge is -2.34. The highest BCUT2D eigenvalue weighted by Crippen LogP contribution is 2.41. The van der Waals surface area contributed by atoms with Crippen molar-refractivity contribution in [1.29, 1.82) is 0 Å². The minimum Gasteiger partial charge on any atom is -0.332 e. The molecule has 0 bridgehead atoms. The van der Waals surface area contributed by atoms with Crippen molar-refractivity contribution in [2.75, 3.05) is 0 Å². The van der Waals surface area contributed by atoms with E-state index in [4.69, 9.17) is 0 Å². The molecule has 3 rings (SSSR count). The van der Waals surface area contributed by atoms with Crippen molar-refractivity contribution in [3.8, 4) is 0 Å². The molecule has 26 heavy (non-hydrogen) atoms. The van der Waals surface area contributed by atoms with E-state index in [2.05, 4.69) is 52.1 Å². The average molecular weight is 370 g/mol. The van der Waals surface area contributed by atoms with Crippen molar-refractivity contribution >= 4 is 17.2 Å². The number of rotatable bonds is 4. The van der Waals surface area contributed by atoms with Crippen molar-refractivity contribution < 1.29 is 4.79 Å². The van der Waals surface area contributed by atoms with Crippen molar-refractivity contribution in [2.45, 2.75) is 66.5 Å². The smallest absolute Gasteiger partial charge is 0.255 e. The molecule has 3 heteroatoms. The maximum atomic E-state index is 13.3. The minimum absolute atomic E-state index is 0.184. The summed E-state index contributed by atoms with van der Waals surface area (Å²) in [4.78, 5) is 16.8. The van der Waals surface area contributed by atoms with Crippen LogP contribution in [-0.4, -0.2) is 16.8 Å². The SMILES string of the molecule is CC(C)N(Cc1ccccc1)C(=O)c1csc2c1CCC(C(C)(C)C)C2. The second-order valence-electron chi connectivity index (χ2n) is 8.87. The van der Waals surface area contributed by atoms with Gasteiger partial charge in [0, 0.05) is 22.8 Å². The van der Waals surface area contributed by atoms with Gasteiger partial charge < -0.3 is 4.90 Å². The van der Waals surface area contributed by atoms with Crippen LogP contribution in [0.1, 0.15) is 67.4 Å². The van der Waals surface area contributed by atoms with Gasteiger partial charge in [0.25, 0.3) is 5.91 Å². The third-order valence-electron chi connectivity index (χ3n) is 5.69. The molecule has 2 aromatic rings. The van der Waals surface area contributed by atoms with Gasteiger partial charge in [-0.2, -0.15) is 0 Å². The lowest BCUT2D eigenvalue weighted by Crippen LogP contribution is -2.37. The molecule has 0 saturated carbocycles. The van der Waals surface area contributed by atoms with E-state index in [0.29, 0.717) is 17.9 Å². The van der Waals surface area contributed by atoms with Gasteiger partial charge in [-0.25, -0.2) is 0 Å². The van der Waals surface area contributed by atoms with Gasteiger partial charge in [-0.05, 0) is 55.6 Å². The summed E-state index contributed by atoms with van der Waals surface area (Å²) in [6, 6.07) is 10.5. The Morgan fingerprint density at radius 1 is 1.23 bits per heavy atom. The summed E-state index contributed by atoms with van der Waals surface area (Å²) in [5, 5.41) is 2.11. The quantitative estimate of drug-likeness (QED) is 0.652. The first kappa shape index (κ1) is 19.2. The molecular formula is C23H31NOS. The van der Waals surface area contributed by atoms with E-state index < -0.39 is 0 Å². The van der Waals surface area contributed by atoms with Gasteiger partial charge in [0.05, 0.1) is 5.56 Å². The molecule has 1 unspecified atom stereocenters. The summed E-state index contributed by atoms with van der Waals surface area (Å²) < 4.78 is 0. The van der Waals surface area contributed by atoms with Gasteiger partial charge in [-0.3, -0.25) is 4.79 Å². The molecule has 1 aliphatic rings. The number of fused-ring (bicyclic) bond motifs is 1. The Morgan fingerprint density at radius 3 is 2.54 bits per heavy atom. The Hall–Kier alpha value is -1.61. The number of hydrogen-bond donors (Lipinski definition) is 0. The third-order valence-corrected chi connectivity index (χ3v) is 6.74. The van der Waals surface area contributed by atoms with Gasteiger partial charge in [-0.15, -0.1) is 11.3 Å². The van der Waals surface area contributed by atoms with E-state index in [1.807, 2.05) is 23.1 Å². The highest BCUT2D eigenvalue weighted by molar-refractivity contribution is 7.10. The zero-order valence-electron chi connectivity index (χ0n) is 16.7. The number of carbonyl (C=O) groups excluding carboxylic acids is 1. The van der Waals surface area contributed by atoms with Crippen LogP contribution in [-0.2, 0) is 19.4 Å². The van der Waals surface area contributed by atoms with Crippen LogP contribution in [0.3, 0.4) is 0 Å². The molecule has 1 aromatic heterocycles. The summed E-state index contributed by atoms with van der Waals surface area (Å²) in [6.07, 6.45) is 3.35. The van der Waals surface area contributed by atoms with Crippen molar-refractivity contribution in [3.05, 3.63) is 57.3 Å². The van der Waals surface area contributed by atoms with Crippen LogP contribution in [0.5, 0.6) is 0 Å². The van der Waals surface area contributed by atoms with E-state index in [1.165, 1.54) is 22.4 Å². The number of thiophene rings is 1. The summed E-state index contributed by atoms with van der Waals surface area (Å²) >= 11 is 1.79. The highest BCUT2D eigenvalue weighted by Gasteiger charge is 2.32. The molecule has 0 fully saturated rings. The Bertz CT molecular complexity index is 754. The monoisotopic (exact) mass is 369 g/mol. The first-order valence-electron chi connectivity index (χ1n) is 9.71. The lowest BCUT2D eigenvalue weighted by atomic mass is 9.72. The second-order valence-corrected chi connectivity index (χ2v) is 9.83.